The molecule has 1 aliphatic rings. The number of fused-ring (bicyclic) bond motifs is 1. The maximum Gasteiger partial charge on any atom is 0.355 e. The number of aryl methyl sites for hydroxylation is 1. The monoisotopic (exact) mass is 618 g/mol. The fourth-order valence-corrected chi connectivity index (χ4v) is 8.66. The van der Waals surface area contributed by atoms with Gasteiger partial charge in [0, 0.05) is 23.5 Å². The van der Waals surface area contributed by atoms with E-state index in [1.165, 1.54) is 36.4 Å². The van der Waals surface area contributed by atoms with E-state index in [4.69, 9.17) is 21.1 Å². The van der Waals surface area contributed by atoms with Crippen molar-refractivity contribution in [2.75, 3.05) is 26.3 Å². The van der Waals surface area contributed by atoms with Crippen molar-refractivity contribution in [2.24, 2.45) is 0 Å². The quantitative estimate of drug-likeness (QED) is 0.294. The summed E-state index contributed by atoms with van der Waals surface area (Å²) in [5, 5.41) is 10.5. The number of nitrogens with zero attached hydrogens (tertiary/aromatic N) is 2. The van der Waals surface area contributed by atoms with E-state index in [1.807, 2.05) is 6.07 Å². The summed E-state index contributed by atoms with van der Waals surface area (Å²) in [6.07, 6.45) is -0.424. The smallest absolute Gasteiger partial charge is 0.355 e. The molecule has 4 aromatic rings. The van der Waals surface area contributed by atoms with Crippen molar-refractivity contribution < 1.29 is 36.2 Å². The van der Waals surface area contributed by atoms with Crippen LogP contribution in [-0.2, 0) is 31.2 Å². The van der Waals surface area contributed by atoms with Crippen molar-refractivity contribution in [1.82, 2.24) is 8.28 Å². The fraction of sp³-hybridized carbons (Fsp3) is 0.250. The fourth-order valence-electron chi connectivity index (χ4n) is 4.94. The molecule has 0 bridgehead atoms. The minimum atomic E-state index is -4.58. The highest BCUT2D eigenvalue weighted by molar-refractivity contribution is 7.91. The van der Waals surface area contributed by atoms with Crippen LogP contribution in [0.1, 0.15) is 23.0 Å². The van der Waals surface area contributed by atoms with Crippen LogP contribution in [0.5, 0.6) is 5.75 Å². The van der Waals surface area contributed by atoms with Crippen molar-refractivity contribution in [2.45, 2.75) is 29.2 Å². The Bertz CT molecular complexity index is 1810. The molecule has 0 amide bonds. The van der Waals surface area contributed by atoms with Crippen molar-refractivity contribution in [1.29, 1.82) is 0 Å². The largest absolute Gasteiger partial charge is 0.491 e. The van der Waals surface area contributed by atoms with Gasteiger partial charge in [0.15, 0.2) is 5.69 Å². The number of rotatable bonds is 9. The molecule has 1 fully saturated rings. The van der Waals surface area contributed by atoms with Crippen molar-refractivity contribution >= 4 is 48.5 Å². The molecule has 0 radical (unpaired) electrons. The lowest BCUT2D eigenvalue weighted by molar-refractivity contribution is -0.0249. The molecule has 216 valence electrons. The van der Waals surface area contributed by atoms with Gasteiger partial charge in [-0.1, -0.05) is 54.9 Å². The number of morpholine rings is 1. The van der Waals surface area contributed by atoms with Gasteiger partial charge in [-0.15, -0.1) is 0 Å². The molecule has 1 atom stereocenters. The number of hydrogen-bond donors (Lipinski definition) is 1. The summed E-state index contributed by atoms with van der Waals surface area (Å²) >= 11 is 6.46. The normalized spacial score (nSPS) is 16.6. The third kappa shape index (κ3) is 5.33. The van der Waals surface area contributed by atoms with Crippen molar-refractivity contribution in [3.8, 4) is 5.75 Å². The molecule has 2 heterocycles. The maximum absolute atomic E-state index is 14.3. The molecule has 1 saturated heterocycles. The first-order valence-corrected chi connectivity index (χ1v) is 16.0. The number of carbonyl (C=O) groups is 1. The van der Waals surface area contributed by atoms with Gasteiger partial charge in [-0.05, 0) is 48.4 Å². The molecule has 1 N–H and O–H groups in total. The summed E-state index contributed by atoms with van der Waals surface area (Å²) in [5.74, 6) is -1.13. The molecule has 1 unspecified atom stereocenters. The van der Waals surface area contributed by atoms with Crippen LogP contribution in [0.25, 0.3) is 10.9 Å². The summed E-state index contributed by atoms with van der Waals surface area (Å²) in [5.41, 5.74) is -0.655. The second-order valence-electron chi connectivity index (χ2n) is 9.32. The number of para-hydroxylation sites is 1. The van der Waals surface area contributed by atoms with E-state index in [1.54, 1.807) is 37.3 Å². The number of ether oxygens (including phenoxy) is 2. The Labute approximate surface area is 242 Å². The number of hydrogen-bond acceptors (Lipinski definition) is 7. The second kappa shape index (κ2) is 11.5. The summed E-state index contributed by atoms with van der Waals surface area (Å²) in [7, 11) is -9.11. The molecule has 5 rings (SSSR count). The first-order chi connectivity index (χ1) is 19.6. The van der Waals surface area contributed by atoms with Crippen LogP contribution < -0.4 is 4.74 Å². The number of aromatic nitrogens is 1. The highest BCUT2D eigenvalue weighted by Gasteiger charge is 2.41. The van der Waals surface area contributed by atoms with E-state index < -0.39 is 42.7 Å². The number of carboxylic acid groups (broad SMARTS) is 1. The molecule has 0 aliphatic carbocycles. The Morgan fingerprint density at radius 1 is 1.00 bits per heavy atom. The molecule has 13 heteroatoms. The van der Waals surface area contributed by atoms with E-state index in [-0.39, 0.29) is 53.5 Å². The highest BCUT2D eigenvalue weighted by Crippen LogP contribution is 2.40. The zero-order valence-corrected chi connectivity index (χ0v) is 24.3. The van der Waals surface area contributed by atoms with Crippen molar-refractivity contribution in [3.63, 3.8) is 0 Å². The zero-order chi connectivity index (χ0) is 29.4. The van der Waals surface area contributed by atoms with Gasteiger partial charge in [0.1, 0.15) is 23.4 Å². The Morgan fingerprint density at radius 3 is 2.29 bits per heavy atom. The lowest BCUT2D eigenvalue weighted by Gasteiger charge is -2.32. The van der Waals surface area contributed by atoms with Crippen LogP contribution in [-0.4, -0.2) is 68.6 Å². The highest BCUT2D eigenvalue weighted by atomic mass is 35.5. The molecule has 3 aromatic carbocycles. The molecule has 1 aromatic heterocycles. The summed E-state index contributed by atoms with van der Waals surface area (Å²) in [6, 6.07) is 19.0. The van der Waals surface area contributed by atoms with Gasteiger partial charge in [-0.2, -0.15) is 4.31 Å². The van der Waals surface area contributed by atoms with Crippen LogP contribution in [0.15, 0.2) is 82.6 Å². The van der Waals surface area contributed by atoms with Gasteiger partial charge < -0.3 is 14.6 Å². The second-order valence-corrected chi connectivity index (χ2v) is 13.4. The molecule has 10 nitrogen and oxygen atoms in total. The average Bonchev–Trinajstić information content (AvgIpc) is 3.35. The number of aromatic carboxylic acids is 1. The molecule has 0 spiro atoms. The third-order valence-electron chi connectivity index (χ3n) is 6.81. The summed E-state index contributed by atoms with van der Waals surface area (Å²) in [4.78, 5) is 12.0. The average molecular weight is 619 g/mol. The first kappa shape index (κ1) is 29.1. The number of benzene rings is 3. The molecule has 0 saturated carbocycles. The topological polar surface area (TPSA) is 132 Å². The first-order valence-electron chi connectivity index (χ1n) is 12.8. The molecule has 1 aliphatic heterocycles. The van der Waals surface area contributed by atoms with Gasteiger partial charge in [-0.3, -0.25) is 0 Å². The maximum atomic E-state index is 14.3. The van der Waals surface area contributed by atoms with Gasteiger partial charge in [0.25, 0.3) is 10.0 Å². The van der Waals surface area contributed by atoms with E-state index in [0.29, 0.717) is 15.3 Å². The Morgan fingerprint density at radius 2 is 1.66 bits per heavy atom. The van der Waals surface area contributed by atoms with E-state index in [2.05, 4.69) is 0 Å². The van der Waals surface area contributed by atoms with E-state index >= 15 is 0 Å². The van der Waals surface area contributed by atoms with Crippen LogP contribution in [0.2, 0.25) is 5.02 Å². The van der Waals surface area contributed by atoms with Gasteiger partial charge in [-0.25, -0.2) is 25.6 Å². The predicted octanol–water partition coefficient (Wildman–Crippen LogP) is 4.26. The van der Waals surface area contributed by atoms with Crippen LogP contribution >= 0.6 is 11.6 Å². The molecular weight excluding hydrogens is 592 g/mol. The third-order valence-corrected chi connectivity index (χ3v) is 10.8. The van der Waals surface area contributed by atoms with Crippen LogP contribution in [0, 0.1) is 0 Å². The predicted molar refractivity (Wildman–Crippen MR) is 153 cm³/mol. The minimum Gasteiger partial charge on any atom is -0.491 e. The summed E-state index contributed by atoms with van der Waals surface area (Å²) < 4.78 is 69.6. The number of sulfonamides is 1. The van der Waals surface area contributed by atoms with Gasteiger partial charge >= 0.3 is 5.97 Å². The Hall–Kier alpha value is -3.42. The van der Waals surface area contributed by atoms with Crippen molar-refractivity contribution in [3.05, 3.63) is 89.1 Å². The summed E-state index contributed by atoms with van der Waals surface area (Å²) in [6.45, 7) is 1.62. The lowest BCUT2D eigenvalue weighted by atomic mass is 10.1. The zero-order valence-electron chi connectivity index (χ0n) is 21.9. The van der Waals surface area contributed by atoms with E-state index in [9.17, 15) is 26.7 Å². The Kier molecular flexibility index (Phi) is 8.13. The standard InChI is InChI=1S/C28H27ClN2O8S2/c1-2-22-23(29)13-14-24-25(22)27(26(28(32)33)31(24)40(34,35)21-11-7-4-8-12-21)41(36,37)30-15-16-38-20(17-30)18-39-19-9-5-3-6-10-19/h3-14,20H,2,15-18H2,1H3,(H,32,33). The minimum absolute atomic E-state index is 0.0345. The van der Waals surface area contributed by atoms with Crippen LogP contribution in [0.4, 0.5) is 0 Å². The number of carboxylic acids is 1. The SMILES string of the molecule is CCc1c(Cl)ccc2c1c(S(=O)(=O)N1CCOC(COc3ccccc3)C1)c(C(=O)O)n2S(=O)(=O)c1ccccc1. The van der Waals surface area contributed by atoms with Crippen LogP contribution in [0.3, 0.4) is 0 Å². The van der Waals surface area contributed by atoms with E-state index in [0.717, 1.165) is 4.31 Å². The lowest BCUT2D eigenvalue weighted by Crippen LogP contribution is -2.47. The van der Waals surface area contributed by atoms with Gasteiger partial charge in [0.2, 0.25) is 10.0 Å². The van der Waals surface area contributed by atoms with Gasteiger partial charge in [0.05, 0.1) is 17.0 Å². The molecule has 41 heavy (non-hydrogen) atoms. The Balaban J connectivity index is 1.68. The number of halogens is 1. The molecular formula is C28H27ClN2O8S2.